The average Bonchev–Trinajstić information content (AvgIpc) is 2.97. The van der Waals surface area contributed by atoms with Crippen LogP contribution in [-0.4, -0.2) is 34.7 Å². The molecule has 0 saturated heterocycles. The summed E-state index contributed by atoms with van der Waals surface area (Å²) < 4.78 is 1.04. The summed E-state index contributed by atoms with van der Waals surface area (Å²) in [7, 11) is 0. The molecule has 0 fully saturated rings. The van der Waals surface area contributed by atoms with E-state index in [1.807, 2.05) is 32.0 Å². The van der Waals surface area contributed by atoms with Crippen LogP contribution in [0, 0.1) is 18.3 Å². The Labute approximate surface area is 163 Å². The molecular formula is C19H23N7O2. The summed E-state index contributed by atoms with van der Waals surface area (Å²) in [6.45, 7) is 10.1. The Bertz CT molecular complexity index is 965. The Morgan fingerprint density at radius 2 is 1.93 bits per heavy atom. The van der Waals surface area contributed by atoms with E-state index < -0.39 is 0 Å². The van der Waals surface area contributed by atoms with E-state index in [0.717, 1.165) is 23.5 Å². The molecule has 9 nitrogen and oxygen atoms in total. The van der Waals surface area contributed by atoms with Crippen LogP contribution in [0.3, 0.4) is 0 Å². The third-order valence-electron chi connectivity index (χ3n) is 4.12. The van der Waals surface area contributed by atoms with Crippen molar-refractivity contribution in [2.45, 2.75) is 34.6 Å². The van der Waals surface area contributed by atoms with Crippen molar-refractivity contribution in [1.82, 2.24) is 9.78 Å². The predicted molar refractivity (Wildman–Crippen MR) is 106 cm³/mol. The minimum Gasteiger partial charge on any atom is -0.372 e. The minimum atomic E-state index is -0.377. The van der Waals surface area contributed by atoms with Gasteiger partial charge in [0.05, 0.1) is 11.4 Å². The zero-order chi connectivity index (χ0) is 20.8. The fourth-order valence-electron chi connectivity index (χ4n) is 2.75. The average molecular weight is 381 g/mol. The van der Waals surface area contributed by atoms with Crippen LogP contribution in [0.25, 0.3) is 0 Å². The predicted octanol–water partition coefficient (Wildman–Crippen LogP) is 3.94. The molecule has 28 heavy (non-hydrogen) atoms. The van der Waals surface area contributed by atoms with Gasteiger partial charge in [-0.1, -0.05) is 0 Å². The molecule has 0 aliphatic heterocycles. The van der Waals surface area contributed by atoms with Gasteiger partial charge < -0.3 is 10.2 Å². The summed E-state index contributed by atoms with van der Waals surface area (Å²) in [5, 5.41) is 24.4. The fraction of sp³-hybridized carbons (Fsp3) is 0.368. The summed E-state index contributed by atoms with van der Waals surface area (Å²) in [4.78, 5) is 25.5. The zero-order valence-electron chi connectivity index (χ0n) is 16.6. The molecule has 1 aromatic heterocycles. The molecule has 0 saturated carbocycles. The smallest absolute Gasteiger partial charge is 0.245 e. The van der Waals surface area contributed by atoms with Crippen LogP contribution in [0.15, 0.2) is 28.4 Å². The Morgan fingerprint density at radius 1 is 1.25 bits per heavy atom. The molecule has 0 aliphatic carbocycles. The van der Waals surface area contributed by atoms with Gasteiger partial charge in [0.1, 0.15) is 17.3 Å². The standard InChI is InChI=1S/C19H23N7O2/c1-6-25(7-2)15-8-9-17(18(10-15)21-13(4)27)22-23-19-16(11-20)12(3)24-26(19)14(5)28/h8-10H,6-7H2,1-5H3,(H,21,27). The van der Waals surface area contributed by atoms with Gasteiger partial charge in [-0.15, -0.1) is 10.2 Å². The number of aryl methyl sites for hydroxylation is 1. The lowest BCUT2D eigenvalue weighted by Gasteiger charge is -2.22. The van der Waals surface area contributed by atoms with Crippen molar-refractivity contribution < 1.29 is 9.59 Å². The number of hydrogen-bond acceptors (Lipinski definition) is 7. The third-order valence-corrected chi connectivity index (χ3v) is 4.12. The van der Waals surface area contributed by atoms with Crippen molar-refractivity contribution in [2.24, 2.45) is 10.2 Å². The molecule has 1 N–H and O–H groups in total. The van der Waals surface area contributed by atoms with Crippen LogP contribution in [0.4, 0.5) is 22.9 Å². The largest absolute Gasteiger partial charge is 0.372 e. The summed E-state index contributed by atoms with van der Waals surface area (Å²) in [6, 6.07) is 7.43. The molecule has 0 radical (unpaired) electrons. The molecule has 1 aromatic carbocycles. The Balaban J connectivity index is 2.53. The van der Waals surface area contributed by atoms with Crippen LogP contribution < -0.4 is 10.2 Å². The number of benzene rings is 1. The van der Waals surface area contributed by atoms with Gasteiger partial charge in [0.15, 0.2) is 5.82 Å². The number of amides is 1. The van der Waals surface area contributed by atoms with Crippen molar-refractivity contribution in [3.63, 3.8) is 0 Å². The summed E-state index contributed by atoms with van der Waals surface area (Å²) >= 11 is 0. The fourth-order valence-corrected chi connectivity index (χ4v) is 2.75. The van der Waals surface area contributed by atoms with Gasteiger partial charge in [-0.3, -0.25) is 9.59 Å². The van der Waals surface area contributed by atoms with E-state index in [0.29, 0.717) is 17.1 Å². The Kier molecular flexibility index (Phi) is 6.60. The van der Waals surface area contributed by atoms with Crippen LogP contribution in [0.5, 0.6) is 0 Å². The van der Waals surface area contributed by atoms with Gasteiger partial charge in [-0.05, 0) is 39.0 Å². The molecule has 0 atom stereocenters. The molecule has 1 amide bonds. The van der Waals surface area contributed by atoms with Gasteiger partial charge in [-0.2, -0.15) is 15.0 Å². The summed E-state index contributed by atoms with van der Waals surface area (Å²) in [5.41, 5.74) is 2.41. The zero-order valence-corrected chi connectivity index (χ0v) is 16.6. The first-order chi connectivity index (χ1) is 13.3. The highest BCUT2D eigenvalue weighted by Gasteiger charge is 2.18. The number of carbonyl (C=O) groups is 2. The van der Waals surface area contributed by atoms with E-state index in [-0.39, 0.29) is 23.2 Å². The molecule has 0 aliphatic rings. The molecule has 1 heterocycles. The maximum absolute atomic E-state index is 11.8. The summed E-state index contributed by atoms with van der Waals surface area (Å²) in [5.74, 6) is -0.554. The highest BCUT2D eigenvalue weighted by molar-refractivity contribution is 5.93. The van der Waals surface area contributed by atoms with Crippen molar-refractivity contribution in [3.8, 4) is 6.07 Å². The van der Waals surface area contributed by atoms with E-state index in [4.69, 9.17) is 0 Å². The SMILES string of the molecule is CCN(CC)c1ccc(N=Nc2c(C#N)c(C)nn2C(C)=O)c(NC(C)=O)c1. The van der Waals surface area contributed by atoms with Gasteiger partial charge in [0, 0.05) is 32.6 Å². The highest BCUT2D eigenvalue weighted by atomic mass is 16.2. The number of rotatable bonds is 6. The lowest BCUT2D eigenvalue weighted by Crippen LogP contribution is -2.21. The van der Waals surface area contributed by atoms with E-state index >= 15 is 0 Å². The van der Waals surface area contributed by atoms with Gasteiger partial charge in [-0.25, -0.2) is 0 Å². The number of anilines is 2. The van der Waals surface area contributed by atoms with Crippen LogP contribution in [-0.2, 0) is 4.79 Å². The molecular weight excluding hydrogens is 358 g/mol. The number of nitriles is 1. The molecule has 9 heteroatoms. The number of nitrogens with zero attached hydrogens (tertiary/aromatic N) is 6. The normalized spacial score (nSPS) is 10.7. The number of nitrogens with one attached hydrogen (secondary N) is 1. The first-order valence-electron chi connectivity index (χ1n) is 8.91. The topological polar surface area (TPSA) is 116 Å². The van der Waals surface area contributed by atoms with Crippen LogP contribution in [0.1, 0.15) is 43.7 Å². The molecule has 2 aromatic rings. The van der Waals surface area contributed by atoms with E-state index in [2.05, 4.69) is 25.5 Å². The van der Waals surface area contributed by atoms with Crippen molar-refractivity contribution in [3.05, 3.63) is 29.5 Å². The maximum Gasteiger partial charge on any atom is 0.245 e. The summed E-state index contributed by atoms with van der Waals surface area (Å²) in [6.07, 6.45) is 0. The number of azo groups is 1. The van der Waals surface area contributed by atoms with E-state index in [9.17, 15) is 14.9 Å². The van der Waals surface area contributed by atoms with Crippen LogP contribution in [0.2, 0.25) is 0 Å². The molecule has 2 rings (SSSR count). The van der Waals surface area contributed by atoms with Crippen molar-refractivity contribution in [2.75, 3.05) is 23.3 Å². The number of aromatic nitrogens is 2. The quantitative estimate of drug-likeness (QED) is 0.761. The van der Waals surface area contributed by atoms with E-state index in [1.54, 1.807) is 13.0 Å². The Morgan fingerprint density at radius 3 is 2.46 bits per heavy atom. The second-order valence-corrected chi connectivity index (χ2v) is 6.08. The van der Waals surface area contributed by atoms with Gasteiger partial charge >= 0.3 is 0 Å². The number of hydrogen-bond donors (Lipinski definition) is 1. The second kappa shape index (κ2) is 8.90. The lowest BCUT2D eigenvalue weighted by molar-refractivity contribution is -0.114. The van der Waals surface area contributed by atoms with Gasteiger partial charge in [0.25, 0.3) is 0 Å². The van der Waals surface area contributed by atoms with Crippen molar-refractivity contribution >= 4 is 34.7 Å². The van der Waals surface area contributed by atoms with Gasteiger partial charge in [0.2, 0.25) is 11.8 Å². The first kappa shape index (κ1) is 20.8. The Hall–Kier alpha value is -3.54. The van der Waals surface area contributed by atoms with E-state index in [1.165, 1.54) is 13.8 Å². The van der Waals surface area contributed by atoms with Crippen LogP contribution >= 0.6 is 0 Å². The molecule has 0 unspecified atom stereocenters. The minimum absolute atomic E-state index is 0.0640. The highest BCUT2D eigenvalue weighted by Crippen LogP contribution is 2.32. The first-order valence-corrected chi connectivity index (χ1v) is 8.91. The van der Waals surface area contributed by atoms with Crippen molar-refractivity contribution in [1.29, 1.82) is 5.26 Å². The second-order valence-electron chi connectivity index (χ2n) is 6.08. The lowest BCUT2D eigenvalue weighted by atomic mass is 10.2. The molecule has 0 spiro atoms. The molecule has 146 valence electrons. The molecule has 0 bridgehead atoms. The maximum atomic E-state index is 11.8. The monoisotopic (exact) mass is 381 g/mol. The third kappa shape index (κ3) is 4.40. The number of carbonyl (C=O) groups excluding carboxylic acids is 2.